The van der Waals surface area contributed by atoms with Crippen LogP contribution in [0.5, 0.6) is 0 Å². The van der Waals surface area contributed by atoms with Gasteiger partial charge in [0, 0.05) is 37.1 Å². The highest BCUT2D eigenvalue weighted by Gasteiger charge is 2.34. The zero-order valence-electron chi connectivity index (χ0n) is 13.2. The Labute approximate surface area is 143 Å². The van der Waals surface area contributed by atoms with Crippen LogP contribution in [0.25, 0.3) is 0 Å². The molecule has 2 rings (SSSR count). The summed E-state index contributed by atoms with van der Waals surface area (Å²) < 4.78 is 4.93. The molecule has 1 aromatic rings. The van der Waals surface area contributed by atoms with Crippen molar-refractivity contribution in [3.63, 3.8) is 0 Å². The van der Waals surface area contributed by atoms with E-state index in [2.05, 4.69) is 5.32 Å². The van der Waals surface area contributed by atoms with Crippen molar-refractivity contribution in [2.24, 2.45) is 5.92 Å². The lowest BCUT2D eigenvalue weighted by molar-refractivity contribution is -0.383. The van der Waals surface area contributed by atoms with Crippen molar-refractivity contribution in [3.8, 4) is 0 Å². The van der Waals surface area contributed by atoms with Gasteiger partial charge < -0.3 is 15.0 Å². The fourth-order valence-corrected chi connectivity index (χ4v) is 2.70. The van der Waals surface area contributed by atoms with Gasteiger partial charge in [0.2, 0.25) is 5.91 Å². The van der Waals surface area contributed by atoms with E-state index < -0.39 is 10.8 Å². The van der Waals surface area contributed by atoms with Gasteiger partial charge in [-0.1, -0.05) is 11.6 Å². The standard InChI is InChI=1S/C15H18ClN3O5/c1-2-24-15(21)10-7-14(20)18(9-10)6-5-17-12-4-3-11(16)8-13(12)19(22)23/h3-4,8,10,17H,2,5-7,9H2,1H3/t10-/m0/s1. The number of hydrogen-bond acceptors (Lipinski definition) is 6. The fraction of sp³-hybridized carbons (Fsp3) is 0.467. The van der Waals surface area contributed by atoms with Crippen LogP contribution >= 0.6 is 11.6 Å². The summed E-state index contributed by atoms with van der Waals surface area (Å²) in [5, 5.41) is 14.2. The van der Waals surface area contributed by atoms with Gasteiger partial charge in [-0.3, -0.25) is 19.7 Å². The summed E-state index contributed by atoms with van der Waals surface area (Å²) in [5.74, 6) is -0.933. The van der Waals surface area contributed by atoms with Crippen LogP contribution in [0.1, 0.15) is 13.3 Å². The van der Waals surface area contributed by atoms with E-state index in [0.29, 0.717) is 25.3 Å². The SMILES string of the molecule is CCOC(=O)[C@H]1CC(=O)N(CCNc2ccc(Cl)cc2[N+](=O)[O-])C1. The molecule has 0 unspecified atom stereocenters. The van der Waals surface area contributed by atoms with Gasteiger partial charge in [0.15, 0.2) is 0 Å². The smallest absolute Gasteiger partial charge is 0.311 e. The number of carbonyl (C=O) groups is 2. The highest BCUT2D eigenvalue weighted by atomic mass is 35.5. The zero-order chi connectivity index (χ0) is 17.7. The minimum atomic E-state index is -0.522. The maximum atomic E-state index is 11.9. The molecule has 0 saturated carbocycles. The molecule has 0 aromatic heterocycles. The predicted molar refractivity (Wildman–Crippen MR) is 87.9 cm³/mol. The molecule has 130 valence electrons. The topological polar surface area (TPSA) is 102 Å². The Kier molecular flexibility index (Phi) is 5.97. The highest BCUT2D eigenvalue weighted by molar-refractivity contribution is 6.30. The molecule has 1 N–H and O–H groups in total. The third-order valence-electron chi connectivity index (χ3n) is 3.69. The molecule has 1 heterocycles. The van der Waals surface area contributed by atoms with Crippen LogP contribution in [-0.2, 0) is 14.3 Å². The summed E-state index contributed by atoms with van der Waals surface area (Å²) in [7, 11) is 0. The monoisotopic (exact) mass is 355 g/mol. The van der Waals surface area contributed by atoms with E-state index >= 15 is 0 Å². The van der Waals surface area contributed by atoms with Gasteiger partial charge in [-0.25, -0.2) is 0 Å². The van der Waals surface area contributed by atoms with Crippen LogP contribution in [0.2, 0.25) is 5.02 Å². The molecule has 8 nitrogen and oxygen atoms in total. The summed E-state index contributed by atoms with van der Waals surface area (Å²) in [6.45, 7) is 2.97. The number of nitrogens with one attached hydrogen (secondary N) is 1. The number of nitro groups is 1. The van der Waals surface area contributed by atoms with Gasteiger partial charge in [-0.2, -0.15) is 0 Å². The number of halogens is 1. The number of amides is 1. The van der Waals surface area contributed by atoms with Crippen molar-refractivity contribution in [3.05, 3.63) is 33.3 Å². The van der Waals surface area contributed by atoms with Gasteiger partial charge in [0.05, 0.1) is 17.4 Å². The lowest BCUT2D eigenvalue weighted by Gasteiger charge is -2.17. The quantitative estimate of drug-likeness (QED) is 0.456. The molecule has 0 bridgehead atoms. The zero-order valence-corrected chi connectivity index (χ0v) is 13.9. The number of carbonyl (C=O) groups excluding carboxylic acids is 2. The molecule has 0 spiro atoms. The number of hydrogen-bond donors (Lipinski definition) is 1. The van der Waals surface area contributed by atoms with Crippen LogP contribution in [0.3, 0.4) is 0 Å². The van der Waals surface area contributed by atoms with Crippen LogP contribution < -0.4 is 5.32 Å². The first-order chi connectivity index (χ1) is 11.4. The minimum absolute atomic E-state index is 0.125. The third kappa shape index (κ3) is 4.35. The Morgan fingerprint density at radius 2 is 2.29 bits per heavy atom. The van der Waals surface area contributed by atoms with Crippen LogP contribution in [0, 0.1) is 16.0 Å². The van der Waals surface area contributed by atoms with Crippen LogP contribution in [-0.4, -0.2) is 47.9 Å². The van der Waals surface area contributed by atoms with Crippen LogP contribution in [0.15, 0.2) is 18.2 Å². The number of benzene rings is 1. The van der Waals surface area contributed by atoms with Gasteiger partial charge >= 0.3 is 5.97 Å². The second kappa shape index (κ2) is 7.96. The first kappa shape index (κ1) is 18.0. The number of likely N-dealkylation sites (tertiary alicyclic amines) is 1. The second-order valence-corrected chi connectivity index (χ2v) is 5.77. The van der Waals surface area contributed by atoms with E-state index in [9.17, 15) is 19.7 Å². The molecule has 1 saturated heterocycles. The van der Waals surface area contributed by atoms with Crippen molar-refractivity contribution in [1.29, 1.82) is 0 Å². The number of nitro benzene ring substituents is 1. The van der Waals surface area contributed by atoms with Gasteiger partial charge in [0.1, 0.15) is 5.69 Å². The largest absolute Gasteiger partial charge is 0.466 e. The van der Waals surface area contributed by atoms with E-state index in [1.807, 2.05) is 0 Å². The van der Waals surface area contributed by atoms with E-state index in [1.165, 1.54) is 12.1 Å². The molecule has 1 aliphatic rings. The number of anilines is 1. The van der Waals surface area contributed by atoms with Crippen LogP contribution in [0.4, 0.5) is 11.4 Å². The molecular formula is C15H18ClN3O5. The maximum absolute atomic E-state index is 11.9. The summed E-state index contributed by atoms with van der Waals surface area (Å²) in [6, 6.07) is 4.34. The second-order valence-electron chi connectivity index (χ2n) is 5.34. The van der Waals surface area contributed by atoms with E-state index in [4.69, 9.17) is 16.3 Å². The molecule has 1 aromatic carbocycles. The Morgan fingerprint density at radius 3 is 2.96 bits per heavy atom. The first-order valence-corrected chi connectivity index (χ1v) is 7.92. The van der Waals surface area contributed by atoms with Crippen molar-refractivity contribution in [2.45, 2.75) is 13.3 Å². The number of nitrogens with zero attached hydrogens (tertiary/aromatic N) is 2. The molecule has 1 atom stereocenters. The normalized spacial score (nSPS) is 17.0. The Bertz CT molecular complexity index is 652. The van der Waals surface area contributed by atoms with Gasteiger partial charge in [0.25, 0.3) is 5.69 Å². The minimum Gasteiger partial charge on any atom is -0.466 e. The average Bonchev–Trinajstić information content (AvgIpc) is 2.90. The predicted octanol–water partition coefficient (Wildman–Crippen LogP) is 2.07. The lowest BCUT2D eigenvalue weighted by Crippen LogP contribution is -2.31. The Balaban J connectivity index is 1.90. The van der Waals surface area contributed by atoms with Crippen molar-refractivity contribution < 1.29 is 19.2 Å². The average molecular weight is 356 g/mol. The summed E-state index contributed by atoms with van der Waals surface area (Å²) in [4.78, 5) is 35.6. The number of rotatable bonds is 7. The van der Waals surface area contributed by atoms with Gasteiger partial charge in [-0.05, 0) is 19.1 Å². The highest BCUT2D eigenvalue weighted by Crippen LogP contribution is 2.27. The molecule has 24 heavy (non-hydrogen) atoms. The first-order valence-electron chi connectivity index (χ1n) is 7.54. The van der Waals surface area contributed by atoms with E-state index in [0.717, 1.165) is 0 Å². The molecule has 1 fully saturated rings. The number of ether oxygens (including phenoxy) is 1. The summed E-state index contributed by atoms with van der Waals surface area (Å²) in [6.07, 6.45) is 0.139. The fourth-order valence-electron chi connectivity index (χ4n) is 2.54. The summed E-state index contributed by atoms with van der Waals surface area (Å²) in [5.41, 5.74) is 0.206. The molecule has 9 heteroatoms. The lowest BCUT2D eigenvalue weighted by atomic mass is 10.1. The molecule has 0 radical (unpaired) electrons. The van der Waals surface area contributed by atoms with E-state index in [-0.39, 0.29) is 35.6 Å². The van der Waals surface area contributed by atoms with Crippen molar-refractivity contribution in [1.82, 2.24) is 4.90 Å². The molecule has 1 aliphatic heterocycles. The third-order valence-corrected chi connectivity index (χ3v) is 3.92. The molecular weight excluding hydrogens is 338 g/mol. The maximum Gasteiger partial charge on any atom is 0.311 e. The van der Waals surface area contributed by atoms with Crippen molar-refractivity contribution >= 4 is 34.9 Å². The molecule has 0 aliphatic carbocycles. The van der Waals surface area contributed by atoms with Crippen molar-refractivity contribution in [2.75, 3.05) is 31.6 Å². The van der Waals surface area contributed by atoms with Gasteiger partial charge in [-0.15, -0.1) is 0 Å². The molecule has 1 amide bonds. The summed E-state index contributed by atoms with van der Waals surface area (Å²) >= 11 is 5.76. The number of esters is 1. The Hall–Kier alpha value is -2.35. The Morgan fingerprint density at radius 1 is 1.54 bits per heavy atom. The van der Waals surface area contributed by atoms with E-state index in [1.54, 1.807) is 17.9 Å².